The fourth-order valence-electron chi connectivity index (χ4n) is 3.72. The monoisotopic (exact) mass is 389 g/mol. The molecule has 0 saturated carbocycles. The van der Waals surface area contributed by atoms with E-state index in [9.17, 15) is 5.26 Å². The Kier molecular flexibility index (Phi) is 5.45. The molecule has 1 saturated heterocycles. The lowest BCUT2D eigenvalue weighted by Gasteiger charge is -2.38. The minimum Gasteiger partial charge on any atom is -0.481 e. The fourth-order valence-corrected chi connectivity index (χ4v) is 3.72. The molecule has 0 spiro atoms. The highest BCUT2D eigenvalue weighted by Gasteiger charge is 2.26. The summed E-state index contributed by atoms with van der Waals surface area (Å²) in [6.07, 6.45) is 1.80. The van der Waals surface area contributed by atoms with Crippen LogP contribution in [0.1, 0.15) is 12.5 Å². The summed E-state index contributed by atoms with van der Waals surface area (Å²) in [5.74, 6) is 1.33. The molecule has 1 aromatic carbocycles. The Labute approximate surface area is 169 Å². The van der Waals surface area contributed by atoms with Gasteiger partial charge in [-0.05, 0) is 37.3 Å². The summed E-state index contributed by atoms with van der Waals surface area (Å²) in [5.41, 5.74) is 2.40. The minimum atomic E-state index is -0.00545. The maximum atomic E-state index is 9.39. The van der Waals surface area contributed by atoms with Gasteiger partial charge in [0.2, 0.25) is 5.88 Å². The highest BCUT2D eigenvalue weighted by atomic mass is 16.5. The zero-order valence-corrected chi connectivity index (χ0v) is 16.5. The molecule has 0 amide bonds. The number of hydrogen-bond acceptors (Lipinski definition) is 7. The summed E-state index contributed by atoms with van der Waals surface area (Å²) in [7, 11) is 1.60. The van der Waals surface area contributed by atoms with E-state index >= 15 is 0 Å². The van der Waals surface area contributed by atoms with Crippen LogP contribution in [-0.2, 0) is 4.74 Å². The van der Waals surface area contributed by atoms with Crippen LogP contribution in [0.3, 0.4) is 0 Å². The Balaban J connectivity index is 1.54. The van der Waals surface area contributed by atoms with E-state index < -0.39 is 0 Å². The molecule has 1 fully saturated rings. The van der Waals surface area contributed by atoms with E-state index in [2.05, 4.69) is 33.2 Å². The largest absolute Gasteiger partial charge is 0.481 e. The van der Waals surface area contributed by atoms with Crippen molar-refractivity contribution >= 4 is 22.4 Å². The summed E-state index contributed by atoms with van der Waals surface area (Å²) in [5, 5.41) is 13.7. The average Bonchev–Trinajstić information content (AvgIpc) is 2.76. The molecule has 29 heavy (non-hydrogen) atoms. The van der Waals surface area contributed by atoms with E-state index in [0.29, 0.717) is 18.0 Å². The maximum Gasteiger partial charge on any atom is 0.214 e. The summed E-state index contributed by atoms with van der Waals surface area (Å²) >= 11 is 0. The highest BCUT2D eigenvalue weighted by Crippen LogP contribution is 2.30. The predicted molar refractivity (Wildman–Crippen MR) is 112 cm³/mol. The van der Waals surface area contributed by atoms with Gasteiger partial charge in [-0.25, -0.2) is 0 Å². The molecule has 0 aliphatic carbocycles. The van der Waals surface area contributed by atoms with Crippen LogP contribution in [0.5, 0.6) is 5.88 Å². The topological polar surface area (TPSA) is 83.3 Å². The molecule has 2 atom stereocenters. The summed E-state index contributed by atoms with van der Waals surface area (Å²) < 4.78 is 11.3. The van der Waals surface area contributed by atoms with Gasteiger partial charge in [0.05, 0.1) is 30.4 Å². The molecule has 0 unspecified atom stereocenters. The van der Waals surface area contributed by atoms with Crippen molar-refractivity contribution in [3.8, 4) is 11.9 Å². The van der Waals surface area contributed by atoms with Crippen molar-refractivity contribution in [2.45, 2.75) is 19.1 Å². The lowest BCUT2D eigenvalue weighted by Crippen LogP contribution is -2.49. The number of hydrogen-bond donors (Lipinski definition) is 1. The number of fused-ring (bicyclic) bond motifs is 1. The van der Waals surface area contributed by atoms with Crippen LogP contribution in [0, 0.1) is 11.3 Å². The van der Waals surface area contributed by atoms with Crippen LogP contribution in [-0.4, -0.2) is 48.9 Å². The summed E-state index contributed by atoms with van der Waals surface area (Å²) in [4.78, 5) is 11.1. The molecule has 0 radical (unpaired) electrons. The van der Waals surface area contributed by atoms with Gasteiger partial charge in [-0.2, -0.15) is 10.2 Å². The molecule has 3 heterocycles. The quantitative estimate of drug-likeness (QED) is 0.717. The van der Waals surface area contributed by atoms with Crippen LogP contribution in [0.2, 0.25) is 0 Å². The van der Waals surface area contributed by atoms with Crippen molar-refractivity contribution in [1.82, 2.24) is 9.97 Å². The van der Waals surface area contributed by atoms with E-state index in [1.807, 2.05) is 42.5 Å². The second-order valence-electron chi connectivity index (χ2n) is 7.06. The van der Waals surface area contributed by atoms with Crippen LogP contribution in [0.25, 0.3) is 10.9 Å². The Morgan fingerprint density at radius 1 is 1.24 bits per heavy atom. The normalized spacial score (nSPS) is 19.0. The molecule has 2 aromatic heterocycles. The van der Waals surface area contributed by atoms with Gasteiger partial charge >= 0.3 is 0 Å². The Morgan fingerprint density at radius 3 is 2.97 bits per heavy atom. The molecule has 3 aromatic rings. The lowest BCUT2D eigenvalue weighted by atomic mass is 10.1. The first kappa shape index (κ1) is 19.0. The number of aromatic nitrogens is 2. The van der Waals surface area contributed by atoms with Gasteiger partial charge in [0.1, 0.15) is 11.9 Å². The predicted octanol–water partition coefficient (Wildman–Crippen LogP) is 3.22. The van der Waals surface area contributed by atoms with Gasteiger partial charge < -0.3 is 19.7 Å². The average molecular weight is 389 g/mol. The SMILES string of the molecule is COc1cccc(NC[C@H]2CN(c3ccc(C#N)c4ncccc34)C[C@@H](C)O2)n1. The van der Waals surface area contributed by atoms with Crippen LogP contribution in [0.4, 0.5) is 11.5 Å². The molecule has 1 aliphatic heterocycles. The zero-order valence-electron chi connectivity index (χ0n) is 16.5. The Morgan fingerprint density at radius 2 is 2.14 bits per heavy atom. The van der Waals surface area contributed by atoms with E-state index in [-0.39, 0.29) is 12.2 Å². The molecular formula is C22H23N5O2. The third kappa shape index (κ3) is 4.08. The van der Waals surface area contributed by atoms with Gasteiger partial charge in [-0.15, -0.1) is 0 Å². The number of nitrogens with one attached hydrogen (secondary N) is 1. The molecule has 7 nitrogen and oxygen atoms in total. The van der Waals surface area contributed by atoms with Crippen molar-refractivity contribution in [3.63, 3.8) is 0 Å². The molecule has 4 rings (SSSR count). The highest BCUT2D eigenvalue weighted by molar-refractivity contribution is 5.95. The van der Waals surface area contributed by atoms with E-state index in [1.165, 1.54) is 0 Å². The van der Waals surface area contributed by atoms with Crippen molar-refractivity contribution < 1.29 is 9.47 Å². The minimum absolute atomic E-state index is 0.00545. The third-order valence-corrected chi connectivity index (χ3v) is 4.98. The molecule has 1 aliphatic rings. The van der Waals surface area contributed by atoms with Crippen LogP contribution < -0.4 is 15.0 Å². The molecule has 7 heteroatoms. The number of nitrogens with zero attached hydrogens (tertiary/aromatic N) is 4. The molecular weight excluding hydrogens is 366 g/mol. The Hall–Kier alpha value is -3.37. The number of rotatable bonds is 5. The molecule has 148 valence electrons. The standard InChI is InChI=1S/C22H23N5O2/c1-15-13-27(19-9-8-16(11-23)22-18(19)5-4-10-24-22)14-17(29-15)12-25-20-6-3-7-21(26-20)28-2/h3-10,15,17H,12-14H2,1-2H3,(H,25,26)/t15-,17+/m1/s1. The smallest absolute Gasteiger partial charge is 0.214 e. The van der Waals surface area contributed by atoms with Crippen molar-refractivity contribution in [2.24, 2.45) is 0 Å². The number of ether oxygens (including phenoxy) is 2. The van der Waals surface area contributed by atoms with Gasteiger partial charge in [0.25, 0.3) is 0 Å². The van der Waals surface area contributed by atoms with Crippen molar-refractivity contribution in [1.29, 1.82) is 5.26 Å². The third-order valence-electron chi connectivity index (χ3n) is 4.98. The number of morpholine rings is 1. The van der Waals surface area contributed by atoms with Crippen molar-refractivity contribution in [2.75, 3.05) is 37.0 Å². The number of nitriles is 1. The first-order valence-electron chi connectivity index (χ1n) is 9.61. The first-order valence-corrected chi connectivity index (χ1v) is 9.61. The fraction of sp³-hybridized carbons (Fsp3) is 0.318. The number of methoxy groups -OCH3 is 1. The van der Waals surface area contributed by atoms with Crippen LogP contribution >= 0.6 is 0 Å². The van der Waals surface area contributed by atoms with E-state index in [0.717, 1.165) is 35.5 Å². The van der Waals surface area contributed by atoms with Gasteiger partial charge in [-0.3, -0.25) is 4.98 Å². The van der Waals surface area contributed by atoms with Crippen molar-refractivity contribution in [3.05, 3.63) is 54.2 Å². The summed E-state index contributed by atoms with van der Waals surface area (Å²) in [6.45, 7) is 4.22. The van der Waals surface area contributed by atoms with Gasteiger partial charge in [0.15, 0.2) is 0 Å². The van der Waals surface area contributed by atoms with Gasteiger partial charge in [0, 0.05) is 43.0 Å². The lowest BCUT2D eigenvalue weighted by molar-refractivity contribution is -0.00824. The number of anilines is 2. The maximum absolute atomic E-state index is 9.39. The van der Waals surface area contributed by atoms with Gasteiger partial charge in [-0.1, -0.05) is 6.07 Å². The number of pyridine rings is 2. The first-order chi connectivity index (χ1) is 14.2. The van der Waals surface area contributed by atoms with E-state index in [4.69, 9.17) is 9.47 Å². The number of benzene rings is 1. The molecule has 1 N–H and O–H groups in total. The zero-order chi connectivity index (χ0) is 20.2. The second kappa shape index (κ2) is 8.33. The van der Waals surface area contributed by atoms with E-state index in [1.54, 1.807) is 13.3 Å². The molecule has 0 bridgehead atoms. The van der Waals surface area contributed by atoms with Crippen LogP contribution in [0.15, 0.2) is 48.7 Å². The Bertz CT molecular complexity index is 1050. The summed E-state index contributed by atoms with van der Waals surface area (Å²) in [6, 6.07) is 15.6. The second-order valence-corrected chi connectivity index (χ2v) is 7.06.